The van der Waals surface area contributed by atoms with Gasteiger partial charge in [0.1, 0.15) is 11.5 Å². The fourth-order valence-corrected chi connectivity index (χ4v) is 2.41. The Morgan fingerprint density at radius 3 is 2.90 bits per heavy atom. The molecule has 106 valence electrons. The van der Waals surface area contributed by atoms with Gasteiger partial charge >= 0.3 is 0 Å². The molecule has 4 heteroatoms. The fourth-order valence-electron chi connectivity index (χ4n) is 2.41. The number of hydrogen-bond donors (Lipinski definition) is 0. The van der Waals surface area contributed by atoms with E-state index in [4.69, 9.17) is 0 Å². The summed E-state index contributed by atoms with van der Waals surface area (Å²) in [4.78, 5) is 21.1. The summed E-state index contributed by atoms with van der Waals surface area (Å²) in [5.41, 5.74) is 1.35. The van der Waals surface area contributed by atoms with Crippen LogP contribution in [-0.2, 0) is 13.0 Å². The quantitative estimate of drug-likeness (QED) is 0.673. The van der Waals surface area contributed by atoms with Gasteiger partial charge in [0.05, 0.1) is 11.9 Å². The maximum Gasteiger partial charge on any atom is 0.188 e. The molecule has 3 aromatic rings. The molecule has 0 aliphatic rings. The van der Waals surface area contributed by atoms with Crippen LogP contribution in [0.15, 0.2) is 48.8 Å². The van der Waals surface area contributed by atoms with Crippen molar-refractivity contribution in [2.45, 2.75) is 26.3 Å². The maximum absolute atomic E-state index is 12.4. The largest absolute Gasteiger partial charge is 0.335 e. The molecule has 0 atom stereocenters. The van der Waals surface area contributed by atoms with Gasteiger partial charge in [0, 0.05) is 24.3 Å². The number of carbonyl (C=O) groups excluding carboxylic acids is 1. The van der Waals surface area contributed by atoms with Crippen LogP contribution < -0.4 is 0 Å². The molecule has 0 saturated carbocycles. The standard InChI is InChI=1S/C17H17N3O/c1-2-10-20-11-9-18-17(20)12-16(21)15-8-7-13-5-3-4-6-14(13)19-15/h3-9,11H,2,10,12H2,1H3. The van der Waals surface area contributed by atoms with Gasteiger partial charge in [-0.1, -0.05) is 31.2 Å². The topological polar surface area (TPSA) is 47.8 Å². The van der Waals surface area contributed by atoms with Crippen molar-refractivity contribution in [2.75, 3.05) is 0 Å². The number of fused-ring (bicyclic) bond motifs is 1. The summed E-state index contributed by atoms with van der Waals surface area (Å²) in [6.07, 6.45) is 4.97. The summed E-state index contributed by atoms with van der Waals surface area (Å²) in [6, 6.07) is 11.5. The lowest BCUT2D eigenvalue weighted by Gasteiger charge is -2.06. The van der Waals surface area contributed by atoms with Crippen molar-refractivity contribution in [3.8, 4) is 0 Å². The highest BCUT2D eigenvalue weighted by Gasteiger charge is 2.12. The van der Waals surface area contributed by atoms with E-state index >= 15 is 0 Å². The summed E-state index contributed by atoms with van der Waals surface area (Å²) >= 11 is 0. The second kappa shape index (κ2) is 5.87. The van der Waals surface area contributed by atoms with E-state index in [1.54, 1.807) is 12.3 Å². The van der Waals surface area contributed by atoms with Gasteiger partial charge in [-0.15, -0.1) is 0 Å². The molecule has 0 spiro atoms. The third-order valence-electron chi connectivity index (χ3n) is 3.47. The minimum absolute atomic E-state index is 0.00399. The maximum atomic E-state index is 12.4. The first kappa shape index (κ1) is 13.5. The summed E-state index contributed by atoms with van der Waals surface area (Å²) in [5.74, 6) is 0.807. The first-order chi connectivity index (χ1) is 10.3. The van der Waals surface area contributed by atoms with Crippen LogP contribution >= 0.6 is 0 Å². The zero-order valence-electron chi connectivity index (χ0n) is 12.0. The number of imidazole rings is 1. The van der Waals surface area contributed by atoms with E-state index in [0.29, 0.717) is 12.1 Å². The van der Waals surface area contributed by atoms with E-state index in [0.717, 1.165) is 29.7 Å². The minimum atomic E-state index is 0.00399. The average Bonchev–Trinajstić information content (AvgIpc) is 2.94. The Hall–Kier alpha value is -2.49. The van der Waals surface area contributed by atoms with E-state index in [9.17, 15) is 4.79 Å². The molecule has 0 saturated heterocycles. The molecule has 4 nitrogen and oxygen atoms in total. The number of Topliss-reactive ketones (excluding diaryl/α,β-unsaturated/α-hetero) is 1. The second-order valence-electron chi connectivity index (χ2n) is 5.03. The molecule has 2 aromatic heterocycles. The van der Waals surface area contributed by atoms with Crippen LogP contribution in [0.4, 0.5) is 0 Å². The highest BCUT2D eigenvalue weighted by atomic mass is 16.1. The van der Waals surface area contributed by atoms with Crippen molar-refractivity contribution >= 4 is 16.7 Å². The van der Waals surface area contributed by atoms with Gasteiger partial charge in [0.15, 0.2) is 5.78 Å². The summed E-state index contributed by atoms with van der Waals surface area (Å²) in [6.45, 7) is 2.99. The van der Waals surface area contributed by atoms with Gasteiger partial charge in [-0.05, 0) is 18.6 Å². The third-order valence-corrected chi connectivity index (χ3v) is 3.47. The first-order valence-electron chi connectivity index (χ1n) is 7.17. The molecule has 0 amide bonds. The van der Waals surface area contributed by atoms with Crippen molar-refractivity contribution in [3.05, 3.63) is 60.3 Å². The predicted molar refractivity (Wildman–Crippen MR) is 82.3 cm³/mol. The molecule has 0 unspecified atom stereocenters. The fraction of sp³-hybridized carbons (Fsp3) is 0.235. The lowest BCUT2D eigenvalue weighted by atomic mass is 10.1. The number of rotatable bonds is 5. The zero-order valence-corrected chi connectivity index (χ0v) is 12.0. The smallest absolute Gasteiger partial charge is 0.188 e. The molecule has 0 aliphatic carbocycles. The SMILES string of the molecule is CCCn1ccnc1CC(=O)c1ccc2ccccc2n1. The van der Waals surface area contributed by atoms with Crippen molar-refractivity contribution in [1.82, 2.24) is 14.5 Å². The monoisotopic (exact) mass is 279 g/mol. The Morgan fingerprint density at radius 1 is 1.19 bits per heavy atom. The highest BCUT2D eigenvalue weighted by Crippen LogP contribution is 2.13. The van der Waals surface area contributed by atoms with Gasteiger partial charge in [-0.25, -0.2) is 9.97 Å². The number of ketones is 1. The number of benzene rings is 1. The number of pyridine rings is 1. The molecule has 21 heavy (non-hydrogen) atoms. The Balaban J connectivity index is 1.84. The lowest BCUT2D eigenvalue weighted by Crippen LogP contribution is -2.11. The van der Waals surface area contributed by atoms with Gasteiger partial charge in [0.2, 0.25) is 0 Å². The normalized spacial score (nSPS) is 10.9. The summed E-state index contributed by atoms with van der Waals surface area (Å²) < 4.78 is 2.03. The molecule has 1 aromatic carbocycles. The molecule has 2 heterocycles. The van der Waals surface area contributed by atoms with E-state index in [2.05, 4.69) is 16.9 Å². The van der Waals surface area contributed by atoms with Gasteiger partial charge in [0.25, 0.3) is 0 Å². The number of aromatic nitrogens is 3. The molecule has 3 rings (SSSR count). The van der Waals surface area contributed by atoms with Crippen LogP contribution in [-0.4, -0.2) is 20.3 Å². The van der Waals surface area contributed by atoms with Crippen molar-refractivity contribution in [1.29, 1.82) is 0 Å². The predicted octanol–water partition coefficient (Wildman–Crippen LogP) is 3.27. The molecule has 0 radical (unpaired) electrons. The summed E-state index contributed by atoms with van der Waals surface area (Å²) in [7, 11) is 0. The molecule has 0 N–H and O–H groups in total. The van der Waals surface area contributed by atoms with Gasteiger partial charge in [-0.2, -0.15) is 0 Å². The number of aryl methyl sites for hydroxylation is 1. The summed E-state index contributed by atoms with van der Waals surface area (Å²) in [5, 5.41) is 1.04. The lowest BCUT2D eigenvalue weighted by molar-refractivity contribution is 0.0985. The average molecular weight is 279 g/mol. The van der Waals surface area contributed by atoms with Crippen LogP contribution in [0.2, 0.25) is 0 Å². The van der Waals surface area contributed by atoms with E-state index in [1.807, 2.05) is 41.1 Å². The van der Waals surface area contributed by atoms with E-state index in [1.165, 1.54) is 0 Å². The van der Waals surface area contributed by atoms with Crippen LogP contribution in [0.5, 0.6) is 0 Å². The number of para-hydroxylation sites is 1. The Kier molecular flexibility index (Phi) is 3.77. The van der Waals surface area contributed by atoms with E-state index < -0.39 is 0 Å². The van der Waals surface area contributed by atoms with Crippen molar-refractivity contribution < 1.29 is 4.79 Å². The highest BCUT2D eigenvalue weighted by molar-refractivity contribution is 5.97. The number of carbonyl (C=O) groups is 1. The van der Waals surface area contributed by atoms with E-state index in [-0.39, 0.29) is 5.78 Å². The molecule has 0 fully saturated rings. The second-order valence-corrected chi connectivity index (χ2v) is 5.03. The Labute approximate surface area is 123 Å². The van der Waals surface area contributed by atoms with Crippen LogP contribution in [0.25, 0.3) is 10.9 Å². The van der Waals surface area contributed by atoms with Crippen molar-refractivity contribution in [2.24, 2.45) is 0 Å². The Morgan fingerprint density at radius 2 is 2.05 bits per heavy atom. The van der Waals surface area contributed by atoms with Gasteiger partial charge < -0.3 is 4.57 Å². The minimum Gasteiger partial charge on any atom is -0.335 e. The number of nitrogens with zero attached hydrogens (tertiary/aromatic N) is 3. The zero-order chi connectivity index (χ0) is 14.7. The molecular formula is C17H17N3O. The number of hydrogen-bond acceptors (Lipinski definition) is 3. The van der Waals surface area contributed by atoms with Crippen LogP contribution in [0.1, 0.15) is 29.7 Å². The third kappa shape index (κ3) is 2.84. The first-order valence-corrected chi connectivity index (χ1v) is 7.17. The molecule has 0 bridgehead atoms. The molecule has 0 aliphatic heterocycles. The van der Waals surface area contributed by atoms with Crippen LogP contribution in [0.3, 0.4) is 0 Å². The van der Waals surface area contributed by atoms with Crippen LogP contribution in [0, 0.1) is 0 Å². The Bertz CT molecular complexity index is 776. The van der Waals surface area contributed by atoms with Gasteiger partial charge in [-0.3, -0.25) is 4.79 Å². The van der Waals surface area contributed by atoms with Crippen molar-refractivity contribution in [3.63, 3.8) is 0 Å². The molecular weight excluding hydrogens is 262 g/mol.